The van der Waals surface area contributed by atoms with Crippen molar-refractivity contribution in [3.63, 3.8) is 0 Å². The van der Waals surface area contributed by atoms with Crippen LogP contribution in [0.5, 0.6) is 0 Å². The first-order valence-corrected chi connectivity index (χ1v) is 9.16. The van der Waals surface area contributed by atoms with Gasteiger partial charge in [0.2, 0.25) is 6.33 Å². The standard InChI is InChI=1S/C19H15FN8O2/c20-17-7-14(27-10-15(30-19(27)29)9-26-6-5-23-25-26)2-3-16(17)13-1-4-18(22-8-13)28-12-21-11-24-28/h1-8,11-12,15H,9-10H2/p+1/t15-/m0/s1. The van der Waals surface area contributed by atoms with E-state index in [9.17, 15) is 9.18 Å². The minimum absolute atomic E-state index is 0.301. The first kappa shape index (κ1) is 17.9. The van der Waals surface area contributed by atoms with Gasteiger partial charge < -0.3 is 4.74 Å². The van der Waals surface area contributed by atoms with Gasteiger partial charge in [-0.25, -0.2) is 19.0 Å². The van der Waals surface area contributed by atoms with Crippen molar-refractivity contribution >= 4 is 11.8 Å². The maximum absolute atomic E-state index is 14.8. The number of hydrogen-bond donors (Lipinski definition) is 1. The second kappa shape index (κ2) is 7.35. The van der Waals surface area contributed by atoms with E-state index >= 15 is 0 Å². The predicted molar refractivity (Wildman–Crippen MR) is 101 cm³/mol. The molecule has 4 aromatic rings. The molecular weight excluding hydrogens is 391 g/mol. The van der Waals surface area contributed by atoms with Gasteiger partial charge in [-0.1, -0.05) is 10.2 Å². The number of H-pyrrole nitrogens is 1. The molecule has 30 heavy (non-hydrogen) atoms. The second-order valence-corrected chi connectivity index (χ2v) is 6.70. The Balaban J connectivity index is 1.34. The number of pyridine rings is 1. The Morgan fingerprint density at radius 3 is 2.93 bits per heavy atom. The van der Waals surface area contributed by atoms with Crippen LogP contribution in [0.25, 0.3) is 16.9 Å². The number of cyclic esters (lactones) is 1. The summed E-state index contributed by atoms with van der Waals surface area (Å²) >= 11 is 0. The Bertz CT molecular complexity index is 1160. The van der Waals surface area contributed by atoms with Crippen LogP contribution in [-0.4, -0.2) is 48.8 Å². The highest BCUT2D eigenvalue weighted by Crippen LogP contribution is 2.29. The largest absolute Gasteiger partial charge is 0.442 e. The van der Waals surface area contributed by atoms with Crippen LogP contribution in [0.15, 0.2) is 61.6 Å². The number of nitrogens with zero attached hydrogens (tertiary/aromatic N) is 7. The first-order valence-electron chi connectivity index (χ1n) is 9.16. The number of amides is 1. The van der Waals surface area contributed by atoms with Crippen molar-refractivity contribution in [3.05, 3.63) is 67.4 Å². The quantitative estimate of drug-likeness (QED) is 0.503. The summed E-state index contributed by atoms with van der Waals surface area (Å²) in [5.41, 5.74) is 1.44. The maximum atomic E-state index is 14.8. The molecule has 1 aliphatic rings. The van der Waals surface area contributed by atoms with Crippen LogP contribution >= 0.6 is 0 Å². The monoisotopic (exact) mass is 407 g/mol. The molecule has 0 bridgehead atoms. The number of rotatable bonds is 5. The number of ether oxygens (including phenoxy) is 1. The molecule has 1 aromatic carbocycles. The molecule has 10 nitrogen and oxygen atoms in total. The van der Waals surface area contributed by atoms with E-state index in [1.54, 1.807) is 58.5 Å². The fourth-order valence-electron chi connectivity index (χ4n) is 3.31. The van der Waals surface area contributed by atoms with Crippen molar-refractivity contribution in [3.8, 4) is 16.9 Å². The zero-order valence-corrected chi connectivity index (χ0v) is 15.6. The fourth-order valence-corrected chi connectivity index (χ4v) is 3.31. The van der Waals surface area contributed by atoms with Crippen molar-refractivity contribution in [2.24, 2.45) is 0 Å². The smallest absolute Gasteiger partial charge is 0.414 e. The SMILES string of the molecule is O=C1O[C@@H](Cn2ccnn2)CN1c1ccc(-c2ccc(-[n+]3cnc[nH]3)nc2)c(F)c1. The van der Waals surface area contributed by atoms with E-state index in [2.05, 4.69) is 25.4 Å². The number of aromatic amines is 1. The van der Waals surface area contributed by atoms with Crippen molar-refractivity contribution < 1.29 is 18.6 Å². The van der Waals surface area contributed by atoms with Crippen LogP contribution in [0.2, 0.25) is 0 Å². The number of aromatic nitrogens is 7. The average Bonchev–Trinajstić information content (AvgIpc) is 3.51. The summed E-state index contributed by atoms with van der Waals surface area (Å²) in [4.78, 5) is 21.9. The van der Waals surface area contributed by atoms with Gasteiger partial charge in [-0.05, 0) is 24.3 Å². The molecule has 1 aliphatic heterocycles. The lowest BCUT2D eigenvalue weighted by molar-refractivity contribution is -0.660. The van der Waals surface area contributed by atoms with E-state index in [1.165, 1.54) is 17.3 Å². The number of benzene rings is 1. The van der Waals surface area contributed by atoms with E-state index in [4.69, 9.17) is 4.74 Å². The summed E-state index contributed by atoms with van der Waals surface area (Å²) < 4.78 is 23.4. The van der Waals surface area contributed by atoms with Gasteiger partial charge in [0.25, 0.3) is 5.82 Å². The van der Waals surface area contributed by atoms with Gasteiger partial charge in [0, 0.05) is 23.4 Å². The van der Waals surface area contributed by atoms with E-state index in [-0.39, 0.29) is 0 Å². The minimum atomic E-state index is -0.519. The van der Waals surface area contributed by atoms with Crippen LogP contribution in [0, 0.1) is 5.82 Å². The highest BCUT2D eigenvalue weighted by molar-refractivity contribution is 5.90. The van der Waals surface area contributed by atoms with Gasteiger partial charge >= 0.3 is 6.09 Å². The number of anilines is 1. The Morgan fingerprint density at radius 2 is 2.23 bits per heavy atom. The average molecular weight is 407 g/mol. The first-order chi connectivity index (χ1) is 14.7. The molecule has 0 radical (unpaired) electrons. The summed E-state index contributed by atoms with van der Waals surface area (Å²) in [6, 6.07) is 8.17. The summed E-state index contributed by atoms with van der Waals surface area (Å²) in [7, 11) is 0. The van der Waals surface area contributed by atoms with Crippen molar-refractivity contribution in [2.45, 2.75) is 12.6 Å². The molecule has 11 heteroatoms. The molecule has 1 N–H and O–H groups in total. The van der Waals surface area contributed by atoms with Gasteiger partial charge in [-0.2, -0.15) is 0 Å². The number of nitrogens with one attached hydrogen (secondary N) is 1. The third-order valence-electron chi connectivity index (χ3n) is 4.76. The molecule has 150 valence electrons. The zero-order chi connectivity index (χ0) is 20.5. The molecule has 0 aliphatic carbocycles. The molecular formula is C19H16FN8O2+. The molecule has 1 fully saturated rings. The van der Waals surface area contributed by atoms with Crippen LogP contribution in [0.4, 0.5) is 14.9 Å². The lowest BCUT2D eigenvalue weighted by Gasteiger charge is -2.14. The topological polar surface area (TPSA) is 106 Å². The van der Waals surface area contributed by atoms with Crippen LogP contribution in [0.3, 0.4) is 0 Å². The summed E-state index contributed by atoms with van der Waals surface area (Å²) in [5, 5.41) is 10.5. The highest BCUT2D eigenvalue weighted by atomic mass is 19.1. The second-order valence-electron chi connectivity index (χ2n) is 6.70. The molecule has 4 heterocycles. The van der Waals surface area contributed by atoms with Gasteiger partial charge in [0.15, 0.2) is 6.33 Å². The number of carbonyl (C=O) groups excluding carboxylic acids is 1. The van der Waals surface area contributed by atoms with Gasteiger partial charge in [-0.15, -0.1) is 14.8 Å². The Kier molecular flexibility index (Phi) is 4.39. The van der Waals surface area contributed by atoms with Gasteiger partial charge in [-0.3, -0.25) is 4.90 Å². The number of hydrogen-bond acceptors (Lipinski definition) is 6. The van der Waals surface area contributed by atoms with Crippen LogP contribution < -0.4 is 9.58 Å². The third kappa shape index (κ3) is 3.36. The molecule has 1 atom stereocenters. The molecule has 3 aromatic heterocycles. The lowest BCUT2D eigenvalue weighted by Crippen LogP contribution is -2.32. The fraction of sp³-hybridized carbons (Fsp3) is 0.158. The number of halogens is 1. The number of carbonyl (C=O) groups is 1. The Labute approximate surface area is 169 Å². The van der Waals surface area contributed by atoms with Gasteiger partial charge in [0.05, 0.1) is 25.0 Å². The van der Waals surface area contributed by atoms with E-state index in [0.717, 1.165) is 0 Å². The molecule has 1 amide bonds. The maximum Gasteiger partial charge on any atom is 0.414 e. The molecule has 1 saturated heterocycles. The summed E-state index contributed by atoms with van der Waals surface area (Å²) in [6.45, 7) is 0.685. The van der Waals surface area contributed by atoms with Gasteiger partial charge in [0.1, 0.15) is 18.1 Å². The lowest BCUT2D eigenvalue weighted by atomic mass is 10.1. The van der Waals surface area contributed by atoms with Crippen LogP contribution in [-0.2, 0) is 11.3 Å². The molecule has 0 saturated carbocycles. The normalized spacial score (nSPS) is 16.1. The Morgan fingerprint density at radius 1 is 1.30 bits per heavy atom. The Hall–Kier alpha value is -4.15. The molecule has 0 unspecified atom stereocenters. The summed E-state index contributed by atoms with van der Waals surface area (Å²) in [6.07, 6.45) is 7.04. The summed E-state index contributed by atoms with van der Waals surface area (Å²) in [5.74, 6) is 0.176. The molecule has 5 rings (SSSR count). The zero-order valence-electron chi connectivity index (χ0n) is 15.6. The minimum Gasteiger partial charge on any atom is -0.442 e. The molecule has 0 spiro atoms. The predicted octanol–water partition coefficient (Wildman–Crippen LogP) is 1.50. The van der Waals surface area contributed by atoms with Crippen molar-refractivity contribution in [1.29, 1.82) is 0 Å². The van der Waals surface area contributed by atoms with E-state index in [1.807, 2.05) is 0 Å². The van der Waals surface area contributed by atoms with E-state index < -0.39 is 18.0 Å². The van der Waals surface area contributed by atoms with E-state index in [0.29, 0.717) is 35.7 Å². The van der Waals surface area contributed by atoms with Crippen molar-refractivity contribution in [1.82, 2.24) is 30.1 Å². The highest BCUT2D eigenvalue weighted by Gasteiger charge is 2.33. The van der Waals surface area contributed by atoms with Crippen molar-refractivity contribution in [2.75, 3.05) is 11.4 Å². The van der Waals surface area contributed by atoms with Crippen LogP contribution in [0.1, 0.15) is 0 Å². The third-order valence-corrected chi connectivity index (χ3v) is 4.76.